The highest BCUT2D eigenvalue weighted by Crippen LogP contribution is 2.42. The van der Waals surface area contributed by atoms with Gasteiger partial charge in [-0.2, -0.15) is 15.5 Å². The maximum Gasteiger partial charge on any atom is 0.410 e. The molecule has 0 N–H and O–H groups in total. The zero-order chi connectivity index (χ0) is 30.2. The van der Waals surface area contributed by atoms with Crippen molar-refractivity contribution in [1.29, 1.82) is 5.26 Å². The second-order valence-corrected chi connectivity index (χ2v) is 11.6. The van der Waals surface area contributed by atoms with Crippen LogP contribution in [0.25, 0.3) is 33.3 Å². The largest absolute Gasteiger partial charge is 0.478 e. The van der Waals surface area contributed by atoms with Crippen molar-refractivity contribution in [2.24, 2.45) is 7.05 Å². The van der Waals surface area contributed by atoms with Gasteiger partial charge in [-0.05, 0) is 57.5 Å². The highest BCUT2D eigenvalue weighted by atomic mass is 19.1. The SMILES string of the molecule is CCOc1c(-c2ccc3c(cnn3C)c2)c(-c2ccc(C#N)c(F)c2)nn1CC1(F)CCN(C(=O)OC(C)(C)C)CC1. The first-order valence-electron chi connectivity index (χ1n) is 13.9. The van der Waals surface area contributed by atoms with Gasteiger partial charge in [0.25, 0.3) is 0 Å². The number of carbonyl (C=O) groups is 1. The Morgan fingerprint density at radius 1 is 1.14 bits per heavy atom. The van der Waals surface area contributed by atoms with Gasteiger partial charge in [0.1, 0.15) is 28.9 Å². The van der Waals surface area contributed by atoms with Crippen LogP contribution < -0.4 is 4.74 Å². The third-order valence-electron chi connectivity index (χ3n) is 7.33. The number of likely N-dealkylation sites (tertiary alicyclic amines) is 1. The van der Waals surface area contributed by atoms with Crippen molar-refractivity contribution in [3.8, 4) is 34.3 Å². The van der Waals surface area contributed by atoms with Gasteiger partial charge in [-0.25, -0.2) is 18.3 Å². The monoisotopic (exact) mass is 576 g/mol. The molecule has 2 aromatic carbocycles. The molecular weight excluding hydrogens is 542 g/mol. The average molecular weight is 577 g/mol. The molecule has 4 aromatic rings. The summed E-state index contributed by atoms with van der Waals surface area (Å²) in [6.07, 6.45) is 1.47. The van der Waals surface area contributed by atoms with E-state index < -0.39 is 23.2 Å². The van der Waals surface area contributed by atoms with Crippen LogP contribution in [0.3, 0.4) is 0 Å². The summed E-state index contributed by atoms with van der Waals surface area (Å²) in [5.41, 5.74) is 0.697. The summed E-state index contributed by atoms with van der Waals surface area (Å²) in [6.45, 7) is 7.79. The van der Waals surface area contributed by atoms with Crippen molar-refractivity contribution in [3.05, 3.63) is 54.0 Å². The van der Waals surface area contributed by atoms with Crippen molar-refractivity contribution >= 4 is 17.0 Å². The van der Waals surface area contributed by atoms with Gasteiger partial charge in [-0.15, -0.1) is 0 Å². The van der Waals surface area contributed by atoms with E-state index in [4.69, 9.17) is 14.6 Å². The van der Waals surface area contributed by atoms with Crippen molar-refractivity contribution in [3.63, 3.8) is 0 Å². The number of hydrogen-bond donors (Lipinski definition) is 0. The number of piperidine rings is 1. The highest BCUT2D eigenvalue weighted by molar-refractivity contribution is 5.91. The van der Waals surface area contributed by atoms with Gasteiger partial charge < -0.3 is 14.4 Å². The fourth-order valence-corrected chi connectivity index (χ4v) is 5.21. The Kier molecular flexibility index (Phi) is 7.66. The van der Waals surface area contributed by atoms with Crippen molar-refractivity contribution in [1.82, 2.24) is 24.5 Å². The number of alkyl halides is 1. The second-order valence-electron chi connectivity index (χ2n) is 11.6. The minimum absolute atomic E-state index is 0.0824. The lowest BCUT2D eigenvalue weighted by atomic mass is 9.93. The van der Waals surface area contributed by atoms with Crippen LogP contribution in [-0.4, -0.2) is 61.5 Å². The number of aromatic nitrogens is 4. The summed E-state index contributed by atoms with van der Waals surface area (Å²) < 4.78 is 46.0. The van der Waals surface area contributed by atoms with E-state index in [1.807, 2.05) is 38.2 Å². The van der Waals surface area contributed by atoms with Crippen molar-refractivity contribution in [2.75, 3.05) is 19.7 Å². The Labute approximate surface area is 243 Å². The van der Waals surface area contributed by atoms with E-state index in [-0.39, 0.29) is 38.0 Å². The Morgan fingerprint density at radius 2 is 1.86 bits per heavy atom. The van der Waals surface area contributed by atoms with Gasteiger partial charge in [0.2, 0.25) is 5.88 Å². The first-order valence-corrected chi connectivity index (χ1v) is 13.9. The van der Waals surface area contributed by atoms with E-state index in [9.17, 15) is 14.4 Å². The van der Waals surface area contributed by atoms with Gasteiger partial charge >= 0.3 is 6.09 Å². The molecule has 9 nitrogen and oxygen atoms in total. The molecule has 42 heavy (non-hydrogen) atoms. The standard InChI is InChI=1S/C31H34F2N6O3/c1-6-41-28-26(20-9-10-25-23(15-20)18-35-37(25)5)27(21-7-8-22(17-34)24(32)16-21)36-39(28)19-31(33)11-13-38(14-12-31)29(40)42-30(2,3)4/h7-10,15-16,18H,6,11-14,19H2,1-5H3. The quantitative estimate of drug-likeness (QED) is 0.269. The molecule has 0 bridgehead atoms. The number of carbonyl (C=O) groups excluding carboxylic acids is 1. The molecule has 0 saturated carbocycles. The lowest BCUT2D eigenvalue weighted by molar-refractivity contribution is -0.00198. The van der Waals surface area contributed by atoms with E-state index in [0.717, 1.165) is 16.5 Å². The van der Waals surface area contributed by atoms with Gasteiger partial charge in [-0.3, -0.25) is 4.68 Å². The molecule has 2 aromatic heterocycles. The van der Waals surface area contributed by atoms with E-state index >= 15 is 4.39 Å². The van der Waals surface area contributed by atoms with Gasteiger partial charge in [0.05, 0.1) is 36.0 Å². The summed E-state index contributed by atoms with van der Waals surface area (Å²) in [5.74, 6) is -0.320. The topological polar surface area (TPSA) is 98.2 Å². The van der Waals surface area contributed by atoms with Crippen LogP contribution in [0, 0.1) is 17.1 Å². The smallest absolute Gasteiger partial charge is 0.410 e. The van der Waals surface area contributed by atoms with Crippen LogP contribution >= 0.6 is 0 Å². The molecule has 1 aliphatic heterocycles. The Morgan fingerprint density at radius 3 is 2.50 bits per heavy atom. The zero-order valence-electron chi connectivity index (χ0n) is 24.4. The molecule has 1 fully saturated rings. The molecule has 1 amide bonds. The first kappa shape index (κ1) is 29.0. The molecule has 1 saturated heterocycles. The second kappa shape index (κ2) is 11.1. The van der Waals surface area contributed by atoms with Gasteiger partial charge in [-0.1, -0.05) is 12.1 Å². The molecule has 1 aliphatic rings. The summed E-state index contributed by atoms with van der Waals surface area (Å²) in [7, 11) is 1.85. The molecule has 5 rings (SSSR count). The van der Waals surface area contributed by atoms with Gasteiger partial charge in [0.15, 0.2) is 0 Å². The number of nitrogens with zero attached hydrogens (tertiary/aromatic N) is 6. The molecule has 0 radical (unpaired) electrons. The maximum atomic E-state index is 16.4. The number of rotatable bonds is 6. The molecular formula is C31H34F2N6O3. The Bertz CT molecular complexity index is 1670. The van der Waals surface area contributed by atoms with E-state index in [1.165, 1.54) is 21.7 Å². The van der Waals surface area contributed by atoms with Crippen LogP contribution in [0.2, 0.25) is 0 Å². The molecule has 0 aliphatic carbocycles. The average Bonchev–Trinajstić information content (AvgIpc) is 3.47. The molecule has 0 spiro atoms. The summed E-state index contributed by atoms with van der Waals surface area (Å²) in [6, 6.07) is 11.9. The Hall–Kier alpha value is -4.46. The number of nitriles is 1. The lowest BCUT2D eigenvalue weighted by Gasteiger charge is -2.37. The number of halogens is 2. The molecule has 0 atom stereocenters. The fourth-order valence-electron chi connectivity index (χ4n) is 5.21. The van der Waals surface area contributed by atoms with Crippen molar-refractivity contribution in [2.45, 2.75) is 58.4 Å². The van der Waals surface area contributed by atoms with Crippen molar-refractivity contribution < 1.29 is 23.0 Å². The minimum atomic E-state index is -1.67. The van der Waals surface area contributed by atoms with E-state index in [0.29, 0.717) is 29.3 Å². The van der Waals surface area contributed by atoms with Crippen LogP contribution in [0.4, 0.5) is 13.6 Å². The molecule has 3 heterocycles. The fraction of sp³-hybridized carbons (Fsp3) is 0.419. The number of ether oxygens (including phenoxy) is 2. The maximum absolute atomic E-state index is 16.4. The number of fused-ring (bicyclic) bond motifs is 1. The normalized spacial score (nSPS) is 15.0. The summed E-state index contributed by atoms with van der Waals surface area (Å²) >= 11 is 0. The predicted molar refractivity (Wildman–Crippen MR) is 154 cm³/mol. The first-order chi connectivity index (χ1) is 19.9. The summed E-state index contributed by atoms with van der Waals surface area (Å²) in [5, 5.41) is 19.2. The minimum Gasteiger partial charge on any atom is -0.478 e. The van der Waals surface area contributed by atoms with Crippen LogP contribution in [0.15, 0.2) is 42.6 Å². The van der Waals surface area contributed by atoms with Crippen LogP contribution in [0.5, 0.6) is 5.88 Å². The van der Waals surface area contributed by atoms with Gasteiger partial charge in [0, 0.05) is 43.9 Å². The number of amides is 1. The number of hydrogen-bond acceptors (Lipinski definition) is 6. The summed E-state index contributed by atoms with van der Waals surface area (Å²) in [4.78, 5) is 14.1. The predicted octanol–water partition coefficient (Wildman–Crippen LogP) is 6.25. The Balaban J connectivity index is 1.55. The molecule has 0 unspecified atom stereocenters. The van der Waals surface area contributed by atoms with E-state index in [1.54, 1.807) is 37.7 Å². The molecule has 220 valence electrons. The lowest BCUT2D eigenvalue weighted by Crippen LogP contribution is -2.47. The zero-order valence-corrected chi connectivity index (χ0v) is 24.4. The van der Waals surface area contributed by atoms with Crippen LogP contribution in [-0.2, 0) is 18.3 Å². The number of aryl methyl sites for hydroxylation is 1. The van der Waals surface area contributed by atoms with Crippen LogP contribution in [0.1, 0.15) is 46.1 Å². The van der Waals surface area contributed by atoms with E-state index in [2.05, 4.69) is 5.10 Å². The third kappa shape index (κ3) is 5.79. The highest BCUT2D eigenvalue weighted by Gasteiger charge is 2.39. The third-order valence-corrected chi connectivity index (χ3v) is 7.33. The number of benzene rings is 2. The molecule has 11 heteroatoms.